The van der Waals surface area contributed by atoms with Crippen LogP contribution in [0.1, 0.15) is 36.5 Å². The molecule has 1 amide bonds. The lowest BCUT2D eigenvalue weighted by Crippen LogP contribution is -2.41. The standard InChI is InChI=1S/C32H32N2O4S/c1-22(2)27-20-26-8-5-13-33-31(26)29(21-27)25-7-4-6-23(18-25)19-30(32(35)34-14-16-38-17-15-34)24-9-11-28(12-10-24)39(3,36)37/h4-13,18-22H,14-17H2,1-3H3/b30-19+. The number of fused-ring (bicyclic) bond motifs is 1. The molecule has 0 spiro atoms. The molecule has 1 aliphatic heterocycles. The topological polar surface area (TPSA) is 76.6 Å². The van der Waals surface area contributed by atoms with Crippen molar-refractivity contribution < 1.29 is 17.9 Å². The molecule has 39 heavy (non-hydrogen) atoms. The van der Waals surface area contributed by atoms with Gasteiger partial charge in [-0.3, -0.25) is 9.78 Å². The molecule has 0 N–H and O–H groups in total. The number of morpholine rings is 1. The van der Waals surface area contributed by atoms with E-state index in [1.54, 1.807) is 29.2 Å². The Morgan fingerprint density at radius 1 is 0.974 bits per heavy atom. The van der Waals surface area contributed by atoms with Gasteiger partial charge in [0.05, 0.1) is 23.6 Å². The van der Waals surface area contributed by atoms with Crippen molar-refractivity contribution in [2.24, 2.45) is 0 Å². The van der Waals surface area contributed by atoms with Crippen molar-refractivity contribution in [3.05, 3.63) is 95.7 Å². The van der Waals surface area contributed by atoms with Crippen LogP contribution in [0.15, 0.2) is 83.9 Å². The molecule has 0 radical (unpaired) electrons. The number of carbonyl (C=O) groups is 1. The van der Waals surface area contributed by atoms with E-state index in [2.05, 4.69) is 49.2 Å². The van der Waals surface area contributed by atoms with Crippen LogP contribution < -0.4 is 0 Å². The van der Waals surface area contributed by atoms with E-state index in [0.717, 1.165) is 27.6 Å². The van der Waals surface area contributed by atoms with Crippen molar-refractivity contribution in [2.75, 3.05) is 32.6 Å². The number of ether oxygens (including phenoxy) is 1. The van der Waals surface area contributed by atoms with Gasteiger partial charge >= 0.3 is 0 Å². The Morgan fingerprint density at radius 3 is 2.41 bits per heavy atom. The molecule has 1 fully saturated rings. The zero-order chi connectivity index (χ0) is 27.6. The van der Waals surface area contributed by atoms with E-state index < -0.39 is 9.84 Å². The maximum absolute atomic E-state index is 13.7. The third-order valence-electron chi connectivity index (χ3n) is 7.02. The van der Waals surface area contributed by atoms with E-state index in [0.29, 0.717) is 43.4 Å². The molecule has 0 bridgehead atoms. The largest absolute Gasteiger partial charge is 0.378 e. The van der Waals surface area contributed by atoms with E-state index in [9.17, 15) is 13.2 Å². The van der Waals surface area contributed by atoms with Gasteiger partial charge in [-0.1, -0.05) is 50.2 Å². The average Bonchev–Trinajstić information content (AvgIpc) is 2.95. The van der Waals surface area contributed by atoms with Gasteiger partial charge in [-0.15, -0.1) is 0 Å². The van der Waals surface area contributed by atoms with Gasteiger partial charge in [-0.25, -0.2) is 8.42 Å². The zero-order valence-corrected chi connectivity index (χ0v) is 23.2. The number of pyridine rings is 1. The van der Waals surface area contributed by atoms with Crippen molar-refractivity contribution in [2.45, 2.75) is 24.7 Å². The van der Waals surface area contributed by atoms with Crippen LogP contribution in [0.4, 0.5) is 0 Å². The minimum atomic E-state index is -3.35. The first-order chi connectivity index (χ1) is 18.7. The first kappa shape index (κ1) is 26.8. The van der Waals surface area contributed by atoms with E-state index >= 15 is 0 Å². The molecule has 7 heteroatoms. The first-order valence-electron chi connectivity index (χ1n) is 13.1. The molecular formula is C32H32N2O4S. The molecule has 2 heterocycles. The van der Waals surface area contributed by atoms with Crippen LogP contribution in [0.3, 0.4) is 0 Å². The number of rotatable bonds is 6. The fourth-order valence-corrected chi connectivity index (χ4v) is 5.45. The normalized spacial score (nSPS) is 14.7. The van der Waals surface area contributed by atoms with Gasteiger partial charge in [-0.2, -0.15) is 0 Å². The summed E-state index contributed by atoms with van der Waals surface area (Å²) in [5, 5.41) is 1.09. The van der Waals surface area contributed by atoms with Crippen LogP contribution in [-0.2, 0) is 19.4 Å². The monoisotopic (exact) mass is 540 g/mol. The van der Waals surface area contributed by atoms with E-state index in [4.69, 9.17) is 4.74 Å². The highest BCUT2D eigenvalue weighted by Crippen LogP contribution is 2.33. The minimum absolute atomic E-state index is 0.107. The molecule has 1 aromatic heterocycles. The fraction of sp³-hybridized carbons (Fsp3) is 0.250. The van der Waals surface area contributed by atoms with Gasteiger partial charge in [0.15, 0.2) is 9.84 Å². The molecule has 0 unspecified atom stereocenters. The van der Waals surface area contributed by atoms with E-state index in [-0.39, 0.29) is 10.8 Å². The summed E-state index contributed by atoms with van der Waals surface area (Å²) >= 11 is 0. The van der Waals surface area contributed by atoms with Crippen molar-refractivity contribution in [1.29, 1.82) is 0 Å². The van der Waals surface area contributed by atoms with Gasteiger partial charge in [0.1, 0.15) is 0 Å². The second-order valence-electron chi connectivity index (χ2n) is 10.2. The van der Waals surface area contributed by atoms with Gasteiger partial charge in [0.2, 0.25) is 0 Å². The SMILES string of the molecule is CC(C)c1cc(-c2cccc(/C=C(/C(=O)N3CCOCC3)c3ccc(S(C)(=O)=O)cc3)c2)c2ncccc2c1. The van der Waals surface area contributed by atoms with Crippen LogP contribution in [0.2, 0.25) is 0 Å². The fourth-order valence-electron chi connectivity index (χ4n) is 4.82. The van der Waals surface area contributed by atoms with E-state index in [1.807, 2.05) is 30.5 Å². The summed E-state index contributed by atoms with van der Waals surface area (Å²) < 4.78 is 29.5. The lowest BCUT2D eigenvalue weighted by molar-refractivity contribution is -0.128. The highest BCUT2D eigenvalue weighted by atomic mass is 32.2. The summed E-state index contributed by atoms with van der Waals surface area (Å²) in [5.74, 6) is 0.258. The predicted molar refractivity (Wildman–Crippen MR) is 156 cm³/mol. The van der Waals surface area contributed by atoms with Crippen LogP contribution in [0.25, 0.3) is 33.7 Å². The third-order valence-corrected chi connectivity index (χ3v) is 8.15. The second kappa shape index (κ2) is 11.1. The minimum Gasteiger partial charge on any atom is -0.378 e. The lowest BCUT2D eigenvalue weighted by atomic mass is 9.93. The summed E-state index contributed by atoms with van der Waals surface area (Å²) in [6.07, 6.45) is 4.87. The van der Waals surface area contributed by atoms with Gasteiger partial charge < -0.3 is 9.64 Å². The smallest absolute Gasteiger partial charge is 0.254 e. The Balaban J connectivity index is 1.61. The maximum atomic E-state index is 13.7. The van der Waals surface area contributed by atoms with Crippen molar-refractivity contribution in [3.63, 3.8) is 0 Å². The number of hydrogen-bond acceptors (Lipinski definition) is 5. The summed E-state index contributed by atoms with van der Waals surface area (Å²) in [6.45, 7) is 6.37. The molecule has 200 valence electrons. The predicted octanol–water partition coefficient (Wildman–Crippen LogP) is 5.83. The quantitative estimate of drug-likeness (QED) is 0.227. The summed E-state index contributed by atoms with van der Waals surface area (Å²) in [4.78, 5) is 20.4. The summed E-state index contributed by atoms with van der Waals surface area (Å²) in [5.41, 5.74) is 6.28. The van der Waals surface area contributed by atoms with Crippen LogP contribution in [0.5, 0.6) is 0 Å². The van der Waals surface area contributed by atoms with Crippen LogP contribution in [0, 0.1) is 0 Å². The molecule has 4 aromatic rings. The Morgan fingerprint density at radius 2 is 1.72 bits per heavy atom. The number of carbonyl (C=O) groups excluding carboxylic acids is 1. The van der Waals surface area contributed by atoms with Gasteiger partial charge in [0, 0.05) is 42.1 Å². The summed E-state index contributed by atoms with van der Waals surface area (Å²) in [6, 6.07) is 23.0. The second-order valence-corrected chi connectivity index (χ2v) is 12.2. The Kier molecular flexibility index (Phi) is 7.64. The molecule has 0 aliphatic carbocycles. The zero-order valence-electron chi connectivity index (χ0n) is 22.4. The van der Waals surface area contributed by atoms with Crippen molar-refractivity contribution in [3.8, 4) is 11.1 Å². The van der Waals surface area contributed by atoms with Gasteiger partial charge in [-0.05, 0) is 70.6 Å². The molecular weight excluding hydrogens is 508 g/mol. The Hall–Kier alpha value is -3.81. The maximum Gasteiger partial charge on any atom is 0.254 e. The lowest BCUT2D eigenvalue weighted by Gasteiger charge is -2.28. The molecule has 1 aliphatic rings. The number of hydrogen-bond donors (Lipinski definition) is 0. The first-order valence-corrected chi connectivity index (χ1v) is 15.0. The molecule has 3 aromatic carbocycles. The molecule has 5 rings (SSSR count). The molecule has 0 saturated carbocycles. The van der Waals surface area contributed by atoms with Crippen molar-refractivity contribution in [1.82, 2.24) is 9.88 Å². The highest BCUT2D eigenvalue weighted by molar-refractivity contribution is 7.90. The van der Waals surface area contributed by atoms with Crippen LogP contribution >= 0.6 is 0 Å². The van der Waals surface area contributed by atoms with E-state index in [1.165, 1.54) is 11.8 Å². The number of amides is 1. The molecule has 0 atom stereocenters. The number of nitrogens with zero attached hydrogens (tertiary/aromatic N) is 2. The number of sulfone groups is 1. The highest BCUT2D eigenvalue weighted by Gasteiger charge is 2.22. The number of benzene rings is 3. The Labute approximate surface area is 229 Å². The average molecular weight is 541 g/mol. The number of aromatic nitrogens is 1. The molecule has 1 saturated heterocycles. The third kappa shape index (κ3) is 5.95. The van der Waals surface area contributed by atoms with Crippen molar-refractivity contribution >= 4 is 38.3 Å². The van der Waals surface area contributed by atoms with Gasteiger partial charge in [0.25, 0.3) is 5.91 Å². The van der Waals surface area contributed by atoms with Crippen LogP contribution in [-0.4, -0.2) is 56.8 Å². The molecule has 6 nitrogen and oxygen atoms in total. The summed E-state index contributed by atoms with van der Waals surface area (Å²) in [7, 11) is -3.35. The Bertz CT molecular complexity index is 1650.